The highest BCUT2D eigenvalue weighted by Crippen LogP contribution is 2.24. The first-order valence-corrected chi connectivity index (χ1v) is 10.5. The van der Waals surface area contributed by atoms with E-state index in [4.69, 9.17) is 14.4 Å². The molecule has 1 aliphatic rings. The van der Waals surface area contributed by atoms with Gasteiger partial charge in [-0.1, -0.05) is 5.16 Å². The van der Waals surface area contributed by atoms with E-state index in [2.05, 4.69) is 25.7 Å². The van der Waals surface area contributed by atoms with E-state index in [1.165, 1.54) is 0 Å². The van der Waals surface area contributed by atoms with E-state index in [9.17, 15) is 9.59 Å². The number of hydrogen-bond acceptors (Lipinski definition) is 7. The molecule has 0 radical (unpaired) electrons. The molecule has 3 N–H and O–H groups in total. The number of hydrogen-bond donors (Lipinski definition) is 3. The van der Waals surface area contributed by atoms with Crippen molar-refractivity contribution >= 4 is 18.3 Å². The van der Waals surface area contributed by atoms with Gasteiger partial charge in [-0.25, -0.2) is 0 Å². The number of aromatic nitrogens is 2. The minimum absolute atomic E-state index is 0.0358. The molecule has 0 spiro atoms. The molecule has 1 aliphatic heterocycles. The van der Waals surface area contributed by atoms with E-state index in [0.29, 0.717) is 25.3 Å². The minimum Gasteiger partial charge on any atom is -0.483 e. The summed E-state index contributed by atoms with van der Waals surface area (Å²) in [5.41, 5.74) is 2.64. The maximum Gasteiger partial charge on any atom is 0.290 e. The minimum atomic E-state index is -0.250. The van der Waals surface area contributed by atoms with E-state index in [1.807, 2.05) is 33.0 Å². The summed E-state index contributed by atoms with van der Waals surface area (Å²) in [5, 5.41) is 16.8. The molecule has 0 saturated carbocycles. The highest BCUT2D eigenvalue weighted by atomic mass is 16.5. The molecule has 0 unspecified atom stereocenters. The predicted octanol–water partition coefficient (Wildman–Crippen LogP) is 1.22. The summed E-state index contributed by atoms with van der Waals surface area (Å²) in [6.45, 7) is 4.50. The summed E-state index contributed by atoms with van der Waals surface area (Å²) in [7, 11) is 2.03. The van der Waals surface area contributed by atoms with Crippen molar-refractivity contribution < 1.29 is 24.0 Å². The van der Waals surface area contributed by atoms with Crippen molar-refractivity contribution in [3.63, 3.8) is 0 Å². The molecule has 0 aromatic carbocycles. The van der Waals surface area contributed by atoms with Gasteiger partial charge in [0, 0.05) is 49.6 Å². The molecule has 3 heterocycles. The lowest BCUT2D eigenvalue weighted by Crippen LogP contribution is -2.42. The second kappa shape index (κ2) is 12.6. The monoisotopic (exact) mass is 445 g/mol. The van der Waals surface area contributed by atoms with Gasteiger partial charge in [-0.05, 0) is 51.4 Å². The van der Waals surface area contributed by atoms with Crippen LogP contribution < -0.4 is 10.6 Å². The number of nitrogens with zero attached hydrogens (tertiary/aromatic N) is 3. The Labute approximate surface area is 187 Å². The Bertz CT molecular complexity index is 867. The quantitative estimate of drug-likeness (QED) is 0.516. The van der Waals surface area contributed by atoms with Crippen molar-refractivity contribution in [2.24, 2.45) is 0 Å². The second-order valence-electron chi connectivity index (χ2n) is 7.78. The third kappa shape index (κ3) is 7.45. The highest BCUT2D eigenvalue weighted by Gasteiger charge is 2.31. The number of likely N-dealkylation sites (tertiary alicyclic amines) is 1. The fraction of sp³-hybridized carbons (Fsp3) is 0.500. The van der Waals surface area contributed by atoms with Crippen molar-refractivity contribution in [2.45, 2.75) is 58.2 Å². The standard InChI is InChI=1S/C21H29N5O3.CH2O2/c1-14-19(15(2)29-25-14)11-21(28)24-13-18-5-4-17(26(18)3)10-20(27)23-12-16-6-8-22-9-7-16;2-1-3/h6-9,17-18H,4-5,10-13H2,1-3H3,(H,23,27)(H,24,28);1H,(H,2,3)/t17-,18+;/m1./s1. The van der Waals surface area contributed by atoms with Gasteiger partial charge in [0.25, 0.3) is 6.47 Å². The molecule has 0 bridgehead atoms. The number of nitrogens with one attached hydrogen (secondary N) is 2. The van der Waals surface area contributed by atoms with E-state index in [-0.39, 0.29) is 36.8 Å². The van der Waals surface area contributed by atoms with Crippen LogP contribution in [0.2, 0.25) is 0 Å². The average Bonchev–Trinajstić information content (AvgIpc) is 3.28. The second-order valence-corrected chi connectivity index (χ2v) is 7.78. The Hall–Kier alpha value is -3.27. The van der Waals surface area contributed by atoms with Crippen LogP contribution in [0.15, 0.2) is 29.0 Å². The van der Waals surface area contributed by atoms with Gasteiger partial charge in [0.05, 0.1) is 12.1 Å². The smallest absolute Gasteiger partial charge is 0.290 e. The van der Waals surface area contributed by atoms with Crippen molar-refractivity contribution in [2.75, 3.05) is 13.6 Å². The summed E-state index contributed by atoms with van der Waals surface area (Å²) >= 11 is 0. The molecule has 2 aromatic heterocycles. The number of rotatable bonds is 8. The van der Waals surface area contributed by atoms with Gasteiger partial charge in [-0.15, -0.1) is 0 Å². The fourth-order valence-corrected chi connectivity index (χ4v) is 3.78. The lowest BCUT2D eigenvalue weighted by atomic mass is 10.1. The van der Waals surface area contributed by atoms with Crippen LogP contribution in [0.4, 0.5) is 0 Å². The van der Waals surface area contributed by atoms with Crippen LogP contribution in [-0.2, 0) is 27.3 Å². The average molecular weight is 446 g/mol. The van der Waals surface area contributed by atoms with Gasteiger partial charge >= 0.3 is 0 Å². The van der Waals surface area contributed by atoms with Gasteiger partial charge in [0.2, 0.25) is 11.8 Å². The molecule has 1 fully saturated rings. The van der Waals surface area contributed by atoms with Crippen molar-refractivity contribution in [3.8, 4) is 0 Å². The number of carbonyl (C=O) groups excluding carboxylic acids is 2. The first-order chi connectivity index (χ1) is 15.3. The van der Waals surface area contributed by atoms with E-state index < -0.39 is 0 Å². The molecule has 2 amide bonds. The molecule has 0 aliphatic carbocycles. The fourth-order valence-electron chi connectivity index (χ4n) is 3.78. The predicted molar refractivity (Wildman–Crippen MR) is 117 cm³/mol. The molecule has 32 heavy (non-hydrogen) atoms. The summed E-state index contributed by atoms with van der Waals surface area (Å²) in [6, 6.07) is 4.21. The Balaban J connectivity index is 0.00000114. The van der Waals surface area contributed by atoms with E-state index in [1.54, 1.807) is 12.4 Å². The van der Waals surface area contributed by atoms with Gasteiger partial charge in [0.1, 0.15) is 5.76 Å². The lowest BCUT2D eigenvalue weighted by Gasteiger charge is -2.25. The van der Waals surface area contributed by atoms with Gasteiger partial charge in [-0.2, -0.15) is 0 Å². The number of likely N-dealkylation sites (N-methyl/N-ethyl adjacent to an activating group) is 1. The molecule has 3 rings (SSSR count). The third-order valence-electron chi connectivity index (χ3n) is 5.70. The van der Waals surface area contributed by atoms with Gasteiger partial charge in [0.15, 0.2) is 0 Å². The zero-order valence-corrected chi connectivity index (χ0v) is 18.7. The van der Waals surface area contributed by atoms with Crippen molar-refractivity contribution in [3.05, 3.63) is 47.1 Å². The number of aryl methyl sites for hydroxylation is 2. The highest BCUT2D eigenvalue weighted by molar-refractivity contribution is 5.79. The Morgan fingerprint density at radius 3 is 2.47 bits per heavy atom. The molecule has 1 saturated heterocycles. The largest absolute Gasteiger partial charge is 0.483 e. The van der Waals surface area contributed by atoms with Crippen molar-refractivity contribution in [1.82, 2.24) is 25.7 Å². The van der Waals surface area contributed by atoms with Crippen LogP contribution in [0.5, 0.6) is 0 Å². The molecule has 2 atom stereocenters. The summed E-state index contributed by atoms with van der Waals surface area (Å²) < 4.78 is 5.11. The maximum absolute atomic E-state index is 12.3. The van der Waals surface area contributed by atoms with Crippen LogP contribution in [0.25, 0.3) is 0 Å². The molecular weight excluding hydrogens is 414 g/mol. The summed E-state index contributed by atoms with van der Waals surface area (Å²) in [6.07, 6.45) is 6.09. The molecule has 174 valence electrons. The third-order valence-corrected chi connectivity index (χ3v) is 5.70. The number of pyridine rings is 1. The molecular formula is C22H31N5O5. The lowest BCUT2D eigenvalue weighted by molar-refractivity contribution is -0.123. The topological polar surface area (TPSA) is 138 Å². The van der Waals surface area contributed by atoms with Crippen LogP contribution in [0.1, 0.15) is 41.8 Å². The van der Waals surface area contributed by atoms with Crippen molar-refractivity contribution in [1.29, 1.82) is 0 Å². The van der Waals surface area contributed by atoms with E-state index >= 15 is 0 Å². The Kier molecular flexibility index (Phi) is 9.80. The molecule has 10 nitrogen and oxygen atoms in total. The zero-order valence-electron chi connectivity index (χ0n) is 18.7. The zero-order chi connectivity index (χ0) is 23.5. The molecule has 2 aromatic rings. The Morgan fingerprint density at radius 1 is 1.19 bits per heavy atom. The SMILES string of the molecule is Cc1noc(C)c1CC(=O)NC[C@@H]1CC[C@H](CC(=O)NCc2ccncc2)N1C.O=CO. The van der Waals surface area contributed by atoms with E-state index in [0.717, 1.165) is 29.7 Å². The van der Waals surface area contributed by atoms with Gasteiger partial charge in [-0.3, -0.25) is 24.3 Å². The van der Waals surface area contributed by atoms with Crippen LogP contribution in [0, 0.1) is 13.8 Å². The first kappa shape index (κ1) is 25.0. The number of carboxylic acid groups (broad SMARTS) is 1. The van der Waals surface area contributed by atoms with Crippen LogP contribution in [-0.4, -0.2) is 64.1 Å². The Morgan fingerprint density at radius 2 is 1.84 bits per heavy atom. The summed E-state index contributed by atoms with van der Waals surface area (Å²) in [5.74, 6) is 0.696. The summed E-state index contributed by atoms with van der Waals surface area (Å²) in [4.78, 5) is 39.1. The number of carbonyl (C=O) groups is 3. The van der Waals surface area contributed by atoms with Crippen LogP contribution >= 0.6 is 0 Å². The first-order valence-electron chi connectivity index (χ1n) is 10.5. The normalized spacial score (nSPS) is 17.8. The van der Waals surface area contributed by atoms with Crippen LogP contribution in [0.3, 0.4) is 0 Å². The number of amides is 2. The molecule has 10 heteroatoms. The van der Waals surface area contributed by atoms with Gasteiger partial charge < -0.3 is 20.3 Å². The maximum atomic E-state index is 12.3.